The normalized spacial score (nSPS) is 19.4. The highest BCUT2D eigenvalue weighted by atomic mass is 19.1. The van der Waals surface area contributed by atoms with E-state index in [1.165, 1.54) is 6.07 Å². The van der Waals surface area contributed by atoms with Crippen LogP contribution in [0.1, 0.15) is 19.8 Å². The molecule has 1 N–H and O–H groups in total. The Morgan fingerprint density at radius 2 is 2.00 bits per heavy atom. The first-order valence-electron chi connectivity index (χ1n) is 5.86. The molecule has 2 rings (SSSR count). The Labute approximate surface area is 95.8 Å². The van der Waals surface area contributed by atoms with E-state index in [1.54, 1.807) is 12.1 Å². The summed E-state index contributed by atoms with van der Waals surface area (Å²) in [5.41, 5.74) is 0.599. The number of hydrogen-bond donors (Lipinski definition) is 1. The molecule has 1 unspecified atom stereocenters. The van der Waals surface area contributed by atoms with E-state index in [0.29, 0.717) is 17.6 Å². The van der Waals surface area contributed by atoms with Crippen LogP contribution in [0.25, 0.3) is 0 Å². The third-order valence-corrected chi connectivity index (χ3v) is 3.23. The molecule has 1 aromatic carbocycles. The monoisotopic (exact) mass is 223 g/mol. The van der Waals surface area contributed by atoms with Crippen LogP contribution < -0.4 is 5.32 Å². The van der Waals surface area contributed by atoms with Crippen LogP contribution in [0, 0.1) is 11.7 Å². The molecule has 1 fully saturated rings. The third kappa shape index (κ3) is 2.73. The lowest BCUT2D eigenvalue weighted by Gasteiger charge is -2.29. The Bertz CT molecular complexity index is 336. The summed E-state index contributed by atoms with van der Waals surface area (Å²) in [5, 5.41) is 3.25. The number of hydrogen-bond acceptors (Lipinski definition) is 2. The number of rotatable bonds is 3. The molecule has 0 radical (unpaired) electrons. The number of nitrogens with one attached hydrogen (secondary N) is 1. The molecule has 1 saturated heterocycles. The smallest absolute Gasteiger partial charge is 0.146 e. The Kier molecular flexibility index (Phi) is 3.78. The predicted molar refractivity (Wildman–Crippen MR) is 63.0 cm³/mol. The first kappa shape index (κ1) is 11.4. The fourth-order valence-electron chi connectivity index (χ4n) is 2.16. The van der Waals surface area contributed by atoms with Gasteiger partial charge >= 0.3 is 0 Å². The van der Waals surface area contributed by atoms with Gasteiger partial charge in [-0.3, -0.25) is 0 Å². The van der Waals surface area contributed by atoms with E-state index in [4.69, 9.17) is 4.74 Å². The van der Waals surface area contributed by atoms with Crippen LogP contribution in [0.3, 0.4) is 0 Å². The largest absolute Gasteiger partial charge is 0.381 e. The molecule has 0 bridgehead atoms. The quantitative estimate of drug-likeness (QED) is 0.850. The van der Waals surface area contributed by atoms with Gasteiger partial charge in [0.15, 0.2) is 0 Å². The second-order valence-corrected chi connectivity index (χ2v) is 4.36. The zero-order valence-corrected chi connectivity index (χ0v) is 9.58. The van der Waals surface area contributed by atoms with Crippen molar-refractivity contribution in [1.29, 1.82) is 0 Å². The minimum absolute atomic E-state index is 0.179. The lowest BCUT2D eigenvalue weighted by atomic mass is 9.93. The number of halogens is 1. The summed E-state index contributed by atoms with van der Waals surface area (Å²) in [7, 11) is 0. The second-order valence-electron chi connectivity index (χ2n) is 4.36. The maximum atomic E-state index is 13.4. The van der Waals surface area contributed by atoms with Gasteiger partial charge in [0.25, 0.3) is 0 Å². The van der Waals surface area contributed by atoms with Crippen molar-refractivity contribution in [3.05, 3.63) is 30.1 Å². The highest BCUT2D eigenvalue weighted by Crippen LogP contribution is 2.22. The van der Waals surface area contributed by atoms with E-state index in [0.717, 1.165) is 26.1 Å². The van der Waals surface area contributed by atoms with Crippen molar-refractivity contribution in [2.45, 2.75) is 25.8 Å². The molecule has 0 aliphatic carbocycles. The van der Waals surface area contributed by atoms with Crippen molar-refractivity contribution in [3.8, 4) is 0 Å². The summed E-state index contributed by atoms with van der Waals surface area (Å²) in [6, 6.07) is 7.12. The molecule has 1 atom stereocenters. The molecule has 1 aromatic rings. The first-order valence-corrected chi connectivity index (χ1v) is 5.86. The fourth-order valence-corrected chi connectivity index (χ4v) is 2.16. The molecule has 1 heterocycles. The average molecular weight is 223 g/mol. The predicted octanol–water partition coefficient (Wildman–Crippen LogP) is 3.05. The highest BCUT2D eigenvalue weighted by Gasteiger charge is 2.20. The van der Waals surface area contributed by atoms with E-state index in [2.05, 4.69) is 12.2 Å². The molecule has 3 heteroatoms. The summed E-state index contributed by atoms with van der Waals surface area (Å²) in [6.07, 6.45) is 2.12. The fraction of sp³-hybridized carbons (Fsp3) is 0.538. The van der Waals surface area contributed by atoms with Crippen LogP contribution in [0.4, 0.5) is 10.1 Å². The molecule has 16 heavy (non-hydrogen) atoms. The first-order chi connectivity index (χ1) is 7.77. The zero-order chi connectivity index (χ0) is 11.4. The van der Waals surface area contributed by atoms with Gasteiger partial charge < -0.3 is 10.1 Å². The van der Waals surface area contributed by atoms with Crippen LogP contribution in [0.15, 0.2) is 24.3 Å². The SMILES string of the molecule is CC(Nc1ccccc1F)C1CCOCC1. The van der Waals surface area contributed by atoms with Crippen molar-refractivity contribution in [2.75, 3.05) is 18.5 Å². The molecule has 0 aromatic heterocycles. The van der Waals surface area contributed by atoms with Crippen molar-refractivity contribution >= 4 is 5.69 Å². The third-order valence-electron chi connectivity index (χ3n) is 3.23. The minimum Gasteiger partial charge on any atom is -0.381 e. The van der Waals surface area contributed by atoms with Crippen LogP contribution in [-0.4, -0.2) is 19.3 Å². The topological polar surface area (TPSA) is 21.3 Å². The highest BCUT2D eigenvalue weighted by molar-refractivity contribution is 5.45. The van der Waals surface area contributed by atoms with Crippen LogP contribution in [-0.2, 0) is 4.74 Å². The van der Waals surface area contributed by atoms with Crippen LogP contribution in [0.2, 0.25) is 0 Å². The molecular formula is C13H18FNO. The summed E-state index contributed by atoms with van der Waals surface area (Å²) >= 11 is 0. The molecule has 0 amide bonds. The van der Waals surface area contributed by atoms with E-state index in [9.17, 15) is 4.39 Å². The Hall–Kier alpha value is -1.09. The van der Waals surface area contributed by atoms with Gasteiger partial charge in [0.2, 0.25) is 0 Å². The van der Waals surface area contributed by atoms with Gasteiger partial charge in [-0.05, 0) is 37.8 Å². The average Bonchev–Trinajstić information content (AvgIpc) is 2.33. The molecule has 1 aliphatic rings. The number of ether oxygens (including phenoxy) is 1. The van der Waals surface area contributed by atoms with Gasteiger partial charge in [-0.1, -0.05) is 12.1 Å². The summed E-state index contributed by atoms with van der Waals surface area (Å²) in [6.45, 7) is 3.77. The minimum atomic E-state index is -0.179. The van der Waals surface area contributed by atoms with Crippen molar-refractivity contribution in [3.63, 3.8) is 0 Å². The zero-order valence-electron chi connectivity index (χ0n) is 9.58. The lowest BCUT2D eigenvalue weighted by molar-refractivity contribution is 0.0622. The van der Waals surface area contributed by atoms with Crippen molar-refractivity contribution < 1.29 is 9.13 Å². The maximum Gasteiger partial charge on any atom is 0.146 e. The van der Waals surface area contributed by atoms with Gasteiger partial charge in [-0.2, -0.15) is 0 Å². The van der Waals surface area contributed by atoms with Gasteiger partial charge in [0, 0.05) is 19.3 Å². The standard InChI is InChI=1S/C13H18FNO/c1-10(11-6-8-16-9-7-11)15-13-5-3-2-4-12(13)14/h2-5,10-11,15H,6-9H2,1H3. The molecule has 0 spiro atoms. The summed E-state index contributed by atoms with van der Waals surface area (Å²) in [5.74, 6) is 0.398. The molecule has 0 saturated carbocycles. The summed E-state index contributed by atoms with van der Waals surface area (Å²) in [4.78, 5) is 0. The number of para-hydroxylation sites is 1. The molecule has 88 valence electrons. The lowest BCUT2D eigenvalue weighted by Crippen LogP contribution is -2.31. The van der Waals surface area contributed by atoms with Gasteiger partial charge in [0.05, 0.1) is 5.69 Å². The maximum absolute atomic E-state index is 13.4. The van der Waals surface area contributed by atoms with Crippen molar-refractivity contribution in [2.24, 2.45) is 5.92 Å². The molecule has 2 nitrogen and oxygen atoms in total. The van der Waals surface area contributed by atoms with Crippen molar-refractivity contribution in [1.82, 2.24) is 0 Å². The van der Waals surface area contributed by atoms with Gasteiger partial charge in [0.1, 0.15) is 5.82 Å². The second kappa shape index (κ2) is 5.30. The Balaban J connectivity index is 1.96. The molecular weight excluding hydrogens is 205 g/mol. The Morgan fingerprint density at radius 1 is 1.31 bits per heavy atom. The van der Waals surface area contributed by atoms with E-state index >= 15 is 0 Å². The number of benzene rings is 1. The van der Waals surface area contributed by atoms with Gasteiger partial charge in [-0.15, -0.1) is 0 Å². The summed E-state index contributed by atoms with van der Waals surface area (Å²) < 4.78 is 18.8. The number of anilines is 1. The van der Waals surface area contributed by atoms with E-state index in [1.807, 2.05) is 6.07 Å². The molecule has 1 aliphatic heterocycles. The van der Waals surface area contributed by atoms with Crippen LogP contribution in [0.5, 0.6) is 0 Å². The van der Waals surface area contributed by atoms with Gasteiger partial charge in [-0.25, -0.2) is 4.39 Å². The van der Waals surface area contributed by atoms with E-state index in [-0.39, 0.29) is 5.82 Å². The Morgan fingerprint density at radius 3 is 2.69 bits per heavy atom. The van der Waals surface area contributed by atoms with Crippen LogP contribution >= 0.6 is 0 Å². The van der Waals surface area contributed by atoms with E-state index < -0.39 is 0 Å².